The van der Waals surface area contributed by atoms with Crippen molar-refractivity contribution in [2.75, 3.05) is 13.1 Å². The number of ketones is 1. The molecule has 21 heavy (non-hydrogen) atoms. The van der Waals surface area contributed by atoms with Gasteiger partial charge in [-0.15, -0.1) is 0 Å². The van der Waals surface area contributed by atoms with E-state index in [1.54, 1.807) is 24.3 Å². The lowest BCUT2D eigenvalue weighted by Crippen LogP contribution is -2.24. The first kappa shape index (κ1) is 15.7. The van der Waals surface area contributed by atoms with Crippen molar-refractivity contribution < 1.29 is 9.90 Å². The summed E-state index contributed by atoms with van der Waals surface area (Å²) in [6.45, 7) is 0.890. The summed E-state index contributed by atoms with van der Waals surface area (Å²) in [5.74, 6) is 0.0929. The van der Waals surface area contributed by atoms with Gasteiger partial charge in [0.05, 0.1) is 6.10 Å². The van der Waals surface area contributed by atoms with Crippen LogP contribution in [0.2, 0.25) is 5.02 Å². The van der Waals surface area contributed by atoms with Gasteiger partial charge in [0.2, 0.25) is 0 Å². The number of Topliss-reactive ketones (excluding diaryl/α,β-unsaturated/α-hetero) is 1. The molecule has 0 spiro atoms. The lowest BCUT2D eigenvalue weighted by molar-refractivity contribution is 0.0979. The molecule has 2 N–H and O–H groups in total. The molecule has 110 valence electrons. The molecule has 0 saturated carbocycles. The van der Waals surface area contributed by atoms with Crippen LogP contribution >= 0.6 is 11.6 Å². The Balaban J connectivity index is 1.75. The minimum absolute atomic E-state index is 0.0929. The molecule has 1 atom stereocenters. The van der Waals surface area contributed by atoms with Gasteiger partial charge in [-0.25, -0.2) is 0 Å². The summed E-state index contributed by atoms with van der Waals surface area (Å²) in [5.41, 5.74) is 1.41. The Labute approximate surface area is 129 Å². The van der Waals surface area contributed by atoms with E-state index < -0.39 is 6.10 Å². The third-order valence-corrected chi connectivity index (χ3v) is 3.57. The average molecular weight is 304 g/mol. The van der Waals surface area contributed by atoms with Gasteiger partial charge in [-0.1, -0.05) is 60.1 Å². The van der Waals surface area contributed by atoms with Crippen LogP contribution in [0.5, 0.6) is 0 Å². The first-order valence-corrected chi connectivity index (χ1v) is 7.27. The molecule has 0 saturated heterocycles. The van der Waals surface area contributed by atoms with Crippen molar-refractivity contribution in [3.8, 4) is 0 Å². The number of carbonyl (C=O) groups is 1. The standard InChI is InChI=1S/C17H18ClNO2/c18-15-9-5-4-8-14(15)17(21)12-19-11-10-16(20)13-6-2-1-3-7-13/h1-9,17,19,21H,10-12H2. The van der Waals surface area contributed by atoms with E-state index in [-0.39, 0.29) is 5.78 Å². The quantitative estimate of drug-likeness (QED) is 0.610. The third kappa shape index (κ3) is 4.67. The van der Waals surface area contributed by atoms with Crippen LogP contribution < -0.4 is 5.32 Å². The second kappa shape index (κ2) is 7.93. The second-order valence-electron chi connectivity index (χ2n) is 4.78. The van der Waals surface area contributed by atoms with Crippen LogP contribution in [0.3, 0.4) is 0 Å². The molecule has 0 aliphatic rings. The summed E-state index contributed by atoms with van der Waals surface area (Å²) < 4.78 is 0. The zero-order valence-electron chi connectivity index (χ0n) is 11.6. The Hall–Kier alpha value is -1.68. The van der Waals surface area contributed by atoms with Crippen molar-refractivity contribution in [2.24, 2.45) is 0 Å². The summed E-state index contributed by atoms with van der Waals surface area (Å²) in [6.07, 6.45) is -0.273. The molecular formula is C17H18ClNO2. The van der Waals surface area contributed by atoms with Crippen molar-refractivity contribution in [3.05, 3.63) is 70.7 Å². The topological polar surface area (TPSA) is 49.3 Å². The van der Waals surface area contributed by atoms with Gasteiger partial charge in [-0.2, -0.15) is 0 Å². The summed E-state index contributed by atoms with van der Waals surface area (Å²) in [5, 5.41) is 13.7. The van der Waals surface area contributed by atoms with Gasteiger partial charge < -0.3 is 10.4 Å². The average Bonchev–Trinajstić information content (AvgIpc) is 2.52. The van der Waals surface area contributed by atoms with E-state index in [1.165, 1.54) is 0 Å². The number of rotatable bonds is 7. The van der Waals surface area contributed by atoms with Crippen molar-refractivity contribution in [1.82, 2.24) is 5.32 Å². The Morgan fingerprint density at radius 2 is 1.76 bits per heavy atom. The Bertz CT molecular complexity index is 586. The Morgan fingerprint density at radius 3 is 2.48 bits per heavy atom. The van der Waals surface area contributed by atoms with E-state index in [4.69, 9.17) is 11.6 Å². The number of halogens is 1. The van der Waals surface area contributed by atoms with E-state index in [1.807, 2.05) is 30.3 Å². The van der Waals surface area contributed by atoms with Crippen LogP contribution in [-0.4, -0.2) is 24.0 Å². The first-order chi connectivity index (χ1) is 10.2. The Kier molecular flexibility index (Phi) is 5.93. The van der Waals surface area contributed by atoms with Gasteiger partial charge in [0, 0.05) is 35.7 Å². The molecular weight excluding hydrogens is 286 g/mol. The molecule has 2 aromatic rings. The normalized spacial score (nSPS) is 12.1. The van der Waals surface area contributed by atoms with Crippen LogP contribution in [0.1, 0.15) is 28.4 Å². The molecule has 0 radical (unpaired) electrons. The van der Waals surface area contributed by atoms with Gasteiger partial charge in [0.25, 0.3) is 0 Å². The highest BCUT2D eigenvalue weighted by Gasteiger charge is 2.11. The smallest absolute Gasteiger partial charge is 0.164 e. The van der Waals surface area contributed by atoms with Crippen molar-refractivity contribution in [1.29, 1.82) is 0 Å². The maximum atomic E-state index is 11.9. The lowest BCUT2D eigenvalue weighted by Gasteiger charge is -2.13. The number of benzene rings is 2. The molecule has 4 heteroatoms. The predicted octanol–water partition coefficient (Wildman–Crippen LogP) is 3.24. The predicted molar refractivity (Wildman–Crippen MR) is 84.7 cm³/mol. The van der Waals surface area contributed by atoms with Crippen LogP contribution in [0.4, 0.5) is 0 Å². The van der Waals surface area contributed by atoms with Crippen LogP contribution in [0, 0.1) is 0 Å². The number of nitrogens with one attached hydrogen (secondary N) is 1. The van der Waals surface area contributed by atoms with Crippen LogP contribution in [0.15, 0.2) is 54.6 Å². The summed E-state index contributed by atoms with van der Waals surface area (Å²) >= 11 is 6.02. The summed E-state index contributed by atoms with van der Waals surface area (Å²) in [7, 11) is 0. The highest BCUT2D eigenvalue weighted by molar-refractivity contribution is 6.31. The maximum absolute atomic E-state index is 11.9. The van der Waals surface area contributed by atoms with Gasteiger partial charge in [-0.05, 0) is 6.07 Å². The minimum Gasteiger partial charge on any atom is -0.387 e. The second-order valence-corrected chi connectivity index (χ2v) is 5.19. The minimum atomic E-state index is -0.675. The number of carbonyl (C=O) groups excluding carboxylic acids is 1. The lowest BCUT2D eigenvalue weighted by atomic mass is 10.1. The van der Waals surface area contributed by atoms with E-state index in [0.717, 1.165) is 0 Å². The zero-order chi connectivity index (χ0) is 15.1. The monoisotopic (exact) mass is 303 g/mol. The SMILES string of the molecule is O=C(CCNCC(O)c1ccccc1Cl)c1ccccc1. The molecule has 2 aromatic carbocycles. The van der Waals surface area contributed by atoms with Gasteiger partial charge in [0.1, 0.15) is 0 Å². The molecule has 0 aliphatic heterocycles. The molecule has 0 amide bonds. The highest BCUT2D eigenvalue weighted by Crippen LogP contribution is 2.21. The molecule has 0 aliphatic carbocycles. The maximum Gasteiger partial charge on any atom is 0.164 e. The molecule has 0 fully saturated rings. The summed E-state index contributed by atoms with van der Waals surface area (Å²) in [4.78, 5) is 11.9. The van der Waals surface area contributed by atoms with Crippen molar-refractivity contribution in [3.63, 3.8) is 0 Å². The van der Waals surface area contributed by atoms with E-state index >= 15 is 0 Å². The molecule has 0 aromatic heterocycles. The number of aliphatic hydroxyl groups excluding tert-OH is 1. The number of hydrogen-bond acceptors (Lipinski definition) is 3. The molecule has 3 nitrogen and oxygen atoms in total. The first-order valence-electron chi connectivity index (χ1n) is 6.90. The van der Waals surface area contributed by atoms with Gasteiger partial charge in [-0.3, -0.25) is 4.79 Å². The molecule has 1 unspecified atom stereocenters. The van der Waals surface area contributed by atoms with Crippen molar-refractivity contribution in [2.45, 2.75) is 12.5 Å². The fourth-order valence-electron chi connectivity index (χ4n) is 2.06. The fourth-order valence-corrected chi connectivity index (χ4v) is 2.33. The zero-order valence-corrected chi connectivity index (χ0v) is 12.4. The summed E-state index contributed by atoms with van der Waals surface area (Å²) in [6, 6.07) is 16.4. The fraction of sp³-hybridized carbons (Fsp3) is 0.235. The van der Waals surface area contributed by atoms with Crippen LogP contribution in [0.25, 0.3) is 0 Å². The third-order valence-electron chi connectivity index (χ3n) is 3.23. The molecule has 2 rings (SSSR count). The largest absolute Gasteiger partial charge is 0.387 e. The molecule has 0 bridgehead atoms. The van der Waals surface area contributed by atoms with Gasteiger partial charge >= 0.3 is 0 Å². The van der Waals surface area contributed by atoms with Gasteiger partial charge in [0.15, 0.2) is 5.78 Å². The Morgan fingerprint density at radius 1 is 1.10 bits per heavy atom. The molecule has 0 heterocycles. The number of hydrogen-bond donors (Lipinski definition) is 2. The van der Waals surface area contributed by atoms with Crippen molar-refractivity contribution >= 4 is 17.4 Å². The number of aliphatic hydroxyl groups is 1. The highest BCUT2D eigenvalue weighted by atomic mass is 35.5. The van der Waals surface area contributed by atoms with E-state index in [9.17, 15) is 9.90 Å². The van der Waals surface area contributed by atoms with E-state index in [0.29, 0.717) is 35.7 Å². The van der Waals surface area contributed by atoms with E-state index in [2.05, 4.69) is 5.32 Å². The van der Waals surface area contributed by atoms with Crippen LogP contribution in [-0.2, 0) is 0 Å².